The highest BCUT2D eigenvalue weighted by Gasteiger charge is 2.48. The summed E-state index contributed by atoms with van der Waals surface area (Å²) in [5.74, 6) is -1.66. The normalized spacial score (nSPS) is 14.2. The average molecular weight is 537 g/mol. The van der Waals surface area contributed by atoms with E-state index in [0.29, 0.717) is 58.9 Å². The van der Waals surface area contributed by atoms with E-state index < -0.39 is 17.1 Å². The molecule has 0 atom stereocenters. The topological polar surface area (TPSA) is 112 Å². The van der Waals surface area contributed by atoms with Gasteiger partial charge >= 0.3 is 5.92 Å². The van der Waals surface area contributed by atoms with Crippen molar-refractivity contribution in [1.82, 2.24) is 9.97 Å². The van der Waals surface area contributed by atoms with Crippen LogP contribution in [0.2, 0.25) is 5.02 Å². The molecule has 8 nitrogen and oxygen atoms in total. The molecule has 0 spiro atoms. The number of benzene rings is 2. The number of aliphatic hydroxyl groups is 1. The number of hydrogen-bond donors (Lipinski definition) is 3. The maximum absolute atomic E-state index is 14.9. The van der Waals surface area contributed by atoms with Crippen molar-refractivity contribution in [2.45, 2.75) is 57.8 Å². The van der Waals surface area contributed by atoms with Crippen LogP contribution in [0.4, 0.5) is 20.3 Å². The highest BCUT2D eigenvalue weighted by atomic mass is 35.5. The van der Waals surface area contributed by atoms with Crippen LogP contribution in [-0.2, 0) is 17.2 Å². The summed E-state index contributed by atoms with van der Waals surface area (Å²) in [6, 6.07) is 6.10. The predicted molar refractivity (Wildman–Crippen MR) is 139 cm³/mol. The lowest BCUT2D eigenvalue weighted by atomic mass is 9.92. The first-order valence-electron chi connectivity index (χ1n) is 11.9. The quantitative estimate of drug-likeness (QED) is 0.226. The number of rotatable bonds is 11. The molecule has 0 amide bonds. The third kappa shape index (κ3) is 5.97. The summed E-state index contributed by atoms with van der Waals surface area (Å²) in [6.45, 7) is 4.64. The Labute approximate surface area is 219 Å². The Morgan fingerprint density at radius 2 is 1.86 bits per heavy atom. The van der Waals surface area contributed by atoms with E-state index >= 15 is 0 Å². The van der Waals surface area contributed by atoms with Crippen molar-refractivity contribution in [2.24, 2.45) is 0 Å². The molecule has 1 heterocycles. The highest BCUT2D eigenvalue weighted by molar-refractivity contribution is 6.32. The van der Waals surface area contributed by atoms with E-state index in [1.807, 2.05) is 0 Å². The van der Waals surface area contributed by atoms with Crippen molar-refractivity contribution in [2.75, 3.05) is 31.4 Å². The number of nitrogen functional groups attached to an aromatic ring is 1. The summed E-state index contributed by atoms with van der Waals surface area (Å²) < 4.78 is 46.9. The second-order valence-electron chi connectivity index (χ2n) is 9.59. The van der Waals surface area contributed by atoms with Gasteiger partial charge < -0.3 is 30.4 Å². The summed E-state index contributed by atoms with van der Waals surface area (Å²) in [6.07, 6.45) is 2.50. The molecule has 1 saturated carbocycles. The lowest BCUT2D eigenvalue weighted by Gasteiger charge is -2.30. The number of methoxy groups -OCH3 is 1. The molecule has 1 aromatic heterocycles. The van der Waals surface area contributed by atoms with E-state index in [9.17, 15) is 13.9 Å². The van der Waals surface area contributed by atoms with Crippen LogP contribution in [0, 0.1) is 6.92 Å². The van der Waals surface area contributed by atoms with Gasteiger partial charge in [-0.05, 0) is 57.4 Å². The Balaban J connectivity index is 1.63. The molecule has 4 rings (SSSR count). The van der Waals surface area contributed by atoms with Crippen LogP contribution >= 0.6 is 11.6 Å². The molecule has 0 bridgehead atoms. The van der Waals surface area contributed by atoms with Gasteiger partial charge in [0.1, 0.15) is 23.9 Å². The maximum atomic E-state index is 14.9. The fraction of sp³-hybridized carbons (Fsp3) is 0.462. The first-order valence-corrected chi connectivity index (χ1v) is 12.3. The number of halogens is 3. The third-order valence-corrected chi connectivity index (χ3v) is 6.48. The summed E-state index contributed by atoms with van der Waals surface area (Å²) in [4.78, 5) is 8.99. The van der Waals surface area contributed by atoms with Gasteiger partial charge in [0.15, 0.2) is 11.5 Å². The minimum atomic E-state index is -3.63. The molecule has 4 N–H and O–H groups in total. The Hall–Kier alpha value is -2.95. The zero-order valence-corrected chi connectivity index (χ0v) is 22.0. The SMILES string of the molecule is COc1cc2nc(C)nc(NCc3cc(N)cc(C(F)(F)C(C)(C)O)c3Cl)c2cc1OCCOC1CC1. The Morgan fingerprint density at radius 3 is 2.51 bits per heavy atom. The minimum Gasteiger partial charge on any atom is -0.493 e. The molecule has 0 saturated heterocycles. The molecule has 1 aliphatic carbocycles. The molecular formula is C26H31ClF2N4O4. The summed E-state index contributed by atoms with van der Waals surface area (Å²) in [5, 5.41) is 13.6. The molecule has 0 radical (unpaired) electrons. The van der Waals surface area contributed by atoms with Gasteiger partial charge in [0.25, 0.3) is 0 Å². The van der Waals surface area contributed by atoms with Crippen molar-refractivity contribution in [3.63, 3.8) is 0 Å². The molecular weight excluding hydrogens is 506 g/mol. The Bertz CT molecular complexity index is 1300. The number of aryl methyl sites for hydroxylation is 1. The fourth-order valence-electron chi connectivity index (χ4n) is 3.84. The number of aromatic nitrogens is 2. The van der Waals surface area contributed by atoms with Crippen LogP contribution < -0.4 is 20.5 Å². The van der Waals surface area contributed by atoms with Crippen LogP contribution in [0.3, 0.4) is 0 Å². The number of nitrogens with zero attached hydrogens (tertiary/aromatic N) is 2. The molecule has 0 unspecified atom stereocenters. The minimum absolute atomic E-state index is 0.0435. The van der Waals surface area contributed by atoms with Crippen molar-refractivity contribution in [3.05, 3.63) is 46.2 Å². The Kier molecular flexibility index (Phi) is 7.64. The first-order chi connectivity index (χ1) is 17.4. The second-order valence-corrected chi connectivity index (χ2v) is 9.96. The van der Waals surface area contributed by atoms with Crippen molar-refractivity contribution < 1.29 is 28.1 Å². The van der Waals surface area contributed by atoms with Crippen LogP contribution in [0.15, 0.2) is 24.3 Å². The molecule has 0 aliphatic heterocycles. The number of alkyl halides is 2. The standard InChI is InChI=1S/C26H31ClF2N4O4/c1-14-32-20-12-21(35-4)22(37-8-7-36-17-5-6-17)11-18(20)24(33-14)31-13-15-9-16(30)10-19(23(15)27)26(28,29)25(2,3)34/h9-12,17,34H,5-8,13,30H2,1-4H3,(H,31,32,33). The number of ether oxygens (including phenoxy) is 3. The van der Waals surface area contributed by atoms with Crippen molar-refractivity contribution >= 4 is 34.0 Å². The molecule has 37 heavy (non-hydrogen) atoms. The van der Waals surface area contributed by atoms with Gasteiger partial charge in [-0.3, -0.25) is 0 Å². The molecule has 3 aromatic rings. The number of nitrogens with one attached hydrogen (secondary N) is 1. The van der Waals surface area contributed by atoms with E-state index in [-0.39, 0.29) is 17.3 Å². The average Bonchev–Trinajstić information content (AvgIpc) is 3.65. The van der Waals surface area contributed by atoms with E-state index in [0.717, 1.165) is 32.8 Å². The summed E-state index contributed by atoms with van der Waals surface area (Å²) in [7, 11) is 1.55. The van der Waals surface area contributed by atoms with Gasteiger partial charge in [0, 0.05) is 29.2 Å². The third-order valence-electron chi connectivity index (χ3n) is 6.04. The van der Waals surface area contributed by atoms with E-state index in [4.69, 9.17) is 31.5 Å². The largest absolute Gasteiger partial charge is 0.493 e. The highest BCUT2D eigenvalue weighted by Crippen LogP contribution is 2.44. The van der Waals surface area contributed by atoms with Gasteiger partial charge in [0.2, 0.25) is 0 Å². The Morgan fingerprint density at radius 1 is 1.14 bits per heavy atom. The zero-order chi connectivity index (χ0) is 27.0. The van der Waals surface area contributed by atoms with Gasteiger partial charge in [-0.15, -0.1) is 0 Å². The van der Waals surface area contributed by atoms with Gasteiger partial charge in [-0.25, -0.2) is 9.97 Å². The smallest absolute Gasteiger partial charge is 0.302 e. The van der Waals surface area contributed by atoms with Gasteiger partial charge in [-0.2, -0.15) is 8.78 Å². The van der Waals surface area contributed by atoms with Crippen molar-refractivity contribution in [3.8, 4) is 11.5 Å². The van der Waals surface area contributed by atoms with Crippen LogP contribution in [0.1, 0.15) is 43.6 Å². The number of hydrogen-bond acceptors (Lipinski definition) is 8. The van der Waals surface area contributed by atoms with Gasteiger partial charge in [-0.1, -0.05) is 11.6 Å². The molecule has 1 fully saturated rings. The molecule has 2 aromatic carbocycles. The van der Waals surface area contributed by atoms with E-state index in [1.54, 1.807) is 26.2 Å². The maximum Gasteiger partial charge on any atom is 0.302 e. The first kappa shape index (κ1) is 27.1. The lowest BCUT2D eigenvalue weighted by Crippen LogP contribution is -2.40. The predicted octanol–water partition coefficient (Wildman–Crippen LogP) is 5.22. The fourth-order valence-corrected chi connectivity index (χ4v) is 4.13. The zero-order valence-electron chi connectivity index (χ0n) is 21.2. The lowest BCUT2D eigenvalue weighted by molar-refractivity contribution is -0.168. The van der Waals surface area contributed by atoms with Crippen molar-refractivity contribution in [1.29, 1.82) is 0 Å². The molecule has 11 heteroatoms. The molecule has 200 valence electrons. The van der Waals surface area contributed by atoms with E-state index in [2.05, 4.69) is 15.3 Å². The monoisotopic (exact) mass is 536 g/mol. The second kappa shape index (κ2) is 10.4. The van der Waals surface area contributed by atoms with E-state index in [1.165, 1.54) is 6.07 Å². The van der Waals surface area contributed by atoms with Crippen LogP contribution in [0.5, 0.6) is 11.5 Å². The summed E-state index contributed by atoms with van der Waals surface area (Å²) in [5.41, 5.74) is 4.07. The van der Waals surface area contributed by atoms with Gasteiger partial charge in [0.05, 0.1) is 30.4 Å². The number of anilines is 2. The molecule has 1 aliphatic rings. The summed E-state index contributed by atoms with van der Waals surface area (Å²) >= 11 is 6.38. The van der Waals surface area contributed by atoms with Crippen LogP contribution in [-0.4, -0.2) is 47.1 Å². The number of fused-ring (bicyclic) bond motifs is 1. The van der Waals surface area contributed by atoms with Crippen LogP contribution in [0.25, 0.3) is 10.9 Å². The number of nitrogens with two attached hydrogens (primary N) is 1.